The first kappa shape index (κ1) is 22.8. The molecular formula is C23H31ClN4OS. The molecular weight excluding hydrogens is 416 g/mol. The third-order valence-electron chi connectivity index (χ3n) is 5.54. The second kappa shape index (κ2) is 11.5. The Hall–Kier alpha value is -1.89. The van der Waals surface area contributed by atoms with Crippen LogP contribution in [0.1, 0.15) is 24.4 Å². The average molecular weight is 447 g/mol. The highest BCUT2D eigenvalue weighted by molar-refractivity contribution is 7.85. The number of hydrogen-bond donors (Lipinski definition) is 2. The lowest BCUT2D eigenvalue weighted by atomic mass is 9.85. The van der Waals surface area contributed by atoms with Crippen LogP contribution in [0, 0.1) is 5.92 Å². The first-order valence-electron chi connectivity index (χ1n) is 10.4. The van der Waals surface area contributed by atoms with Gasteiger partial charge in [0.15, 0.2) is 5.96 Å². The molecule has 3 rings (SSSR count). The SMILES string of the molecule is CN=C(NCCS(=O)c1ccccc1)NCC1CCCN(C)C1c1cccc(Cl)c1. The van der Waals surface area contributed by atoms with Gasteiger partial charge in [0, 0.05) is 41.8 Å². The van der Waals surface area contributed by atoms with Crippen LogP contribution in [0.4, 0.5) is 0 Å². The van der Waals surface area contributed by atoms with E-state index in [9.17, 15) is 4.21 Å². The average Bonchev–Trinajstić information content (AvgIpc) is 2.76. The molecule has 0 aliphatic carbocycles. The Bertz CT molecular complexity index is 861. The molecule has 0 spiro atoms. The normalized spacial score (nSPS) is 21.2. The standard InChI is InChI=1S/C23H31ClN4OS/c1-25-23(26-13-15-30(29)21-11-4-3-5-12-21)27-17-19-9-7-14-28(2)22(19)18-8-6-10-20(24)16-18/h3-6,8,10-12,16,19,22H,7,9,13-15,17H2,1-2H3,(H2,25,26,27). The summed E-state index contributed by atoms with van der Waals surface area (Å²) in [4.78, 5) is 7.61. The van der Waals surface area contributed by atoms with Crippen molar-refractivity contribution in [2.75, 3.05) is 39.5 Å². The summed E-state index contributed by atoms with van der Waals surface area (Å²) >= 11 is 6.25. The molecule has 2 aromatic carbocycles. The Morgan fingerprint density at radius 1 is 1.20 bits per heavy atom. The molecule has 1 fully saturated rings. The van der Waals surface area contributed by atoms with Crippen LogP contribution in [0.15, 0.2) is 64.5 Å². The maximum absolute atomic E-state index is 12.4. The molecule has 0 aromatic heterocycles. The van der Waals surface area contributed by atoms with E-state index in [2.05, 4.69) is 39.7 Å². The van der Waals surface area contributed by atoms with Gasteiger partial charge in [-0.05, 0) is 62.2 Å². The number of likely N-dealkylation sites (tertiary alicyclic amines) is 1. The van der Waals surface area contributed by atoms with Crippen molar-refractivity contribution in [2.24, 2.45) is 10.9 Å². The summed E-state index contributed by atoms with van der Waals surface area (Å²) in [6.45, 7) is 2.51. The number of aliphatic imine (C=N–C) groups is 1. The van der Waals surface area contributed by atoms with E-state index in [4.69, 9.17) is 11.6 Å². The number of rotatable bonds is 7. The smallest absolute Gasteiger partial charge is 0.191 e. The second-order valence-corrected chi connectivity index (χ2v) is 9.63. The van der Waals surface area contributed by atoms with Gasteiger partial charge >= 0.3 is 0 Å². The first-order chi connectivity index (χ1) is 14.6. The van der Waals surface area contributed by atoms with Crippen LogP contribution in [-0.2, 0) is 10.8 Å². The highest BCUT2D eigenvalue weighted by atomic mass is 35.5. The van der Waals surface area contributed by atoms with Crippen LogP contribution < -0.4 is 10.6 Å². The van der Waals surface area contributed by atoms with Crippen LogP contribution in [0.25, 0.3) is 0 Å². The Morgan fingerprint density at radius 2 is 2.00 bits per heavy atom. The Balaban J connectivity index is 1.53. The Morgan fingerprint density at radius 3 is 2.73 bits per heavy atom. The fourth-order valence-corrected chi connectivity index (χ4v) is 5.27. The lowest BCUT2D eigenvalue weighted by Gasteiger charge is -2.40. The highest BCUT2D eigenvalue weighted by Gasteiger charge is 2.30. The van der Waals surface area contributed by atoms with E-state index in [-0.39, 0.29) is 0 Å². The van der Waals surface area contributed by atoms with E-state index in [1.807, 2.05) is 42.5 Å². The molecule has 0 saturated carbocycles. The molecule has 30 heavy (non-hydrogen) atoms. The Kier molecular flexibility index (Phi) is 8.73. The van der Waals surface area contributed by atoms with Gasteiger partial charge in [0.2, 0.25) is 0 Å². The number of benzene rings is 2. The summed E-state index contributed by atoms with van der Waals surface area (Å²) < 4.78 is 12.4. The van der Waals surface area contributed by atoms with Gasteiger partial charge < -0.3 is 10.6 Å². The molecule has 0 amide bonds. The van der Waals surface area contributed by atoms with Gasteiger partial charge in [-0.2, -0.15) is 0 Å². The quantitative estimate of drug-likeness (QED) is 0.503. The van der Waals surface area contributed by atoms with Crippen LogP contribution >= 0.6 is 11.6 Å². The van der Waals surface area contributed by atoms with Gasteiger partial charge in [-0.3, -0.25) is 14.1 Å². The van der Waals surface area contributed by atoms with Gasteiger partial charge in [0.25, 0.3) is 0 Å². The van der Waals surface area contributed by atoms with Gasteiger partial charge in [-0.25, -0.2) is 0 Å². The fraction of sp³-hybridized carbons (Fsp3) is 0.435. The number of hydrogen-bond acceptors (Lipinski definition) is 3. The van der Waals surface area contributed by atoms with Crippen molar-refractivity contribution in [3.05, 3.63) is 65.2 Å². The van der Waals surface area contributed by atoms with Crippen molar-refractivity contribution in [1.82, 2.24) is 15.5 Å². The van der Waals surface area contributed by atoms with E-state index in [0.717, 1.165) is 35.4 Å². The van der Waals surface area contributed by atoms with Gasteiger partial charge in [-0.1, -0.05) is 41.9 Å². The number of halogens is 1. The van der Waals surface area contributed by atoms with E-state index >= 15 is 0 Å². The van der Waals surface area contributed by atoms with Crippen LogP contribution in [0.2, 0.25) is 5.02 Å². The number of piperidine rings is 1. The van der Waals surface area contributed by atoms with Crippen molar-refractivity contribution in [1.29, 1.82) is 0 Å². The summed E-state index contributed by atoms with van der Waals surface area (Å²) in [5.41, 5.74) is 1.26. The van der Waals surface area contributed by atoms with Crippen LogP contribution in [0.3, 0.4) is 0 Å². The summed E-state index contributed by atoms with van der Waals surface area (Å²) in [6.07, 6.45) is 2.34. The van der Waals surface area contributed by atoms with E-state index in [1.54, 1.807) is 7.05 Å². The van der Waals surface area contributed by atoms with E-state index < -0.39 is 10.8 Å². The fourth-order valence-electron chi connectivity index (χ4n) is 4.09. The van der Waals surface area contributed by atoms with Gasteiger partial charge in [-0.15, -0.1) is 0 Å². The maximum Gasteiger partial charge on any atom is 0.191 e. The molecule has 7 heteroatoms. The van der Waals surface area contributed by atoms with Crippen molar-refractivity contribution in [3.63, 3.8) is 0 Å². The van der Waals surface area contributed by atoms with Gasteiger partial charge in [0.05, 0.1) is 10.8 Å². The molecule has 1 saturated heterocycles. The topological polar surface area (TPSA) is 56.7 Å². The molecule has 0 bridgehead atoms. The molecule has 1 heterocycles. The monoisotopic (exact) mass is 446 g/mol. The number of guanidine groups is 1. The van der Waals surface area contributed by atoms with Crippen LogP contribution in [-0.4, -0.2) is 54.6 Å². The summed E-state index contributed by atoms with van der Waals surface area (Å²) in [7, 11) is 2.94. The lowest BCUT2D eigenvalue weighted by molar-refractivity contribution is 0.122. The first-order valence-corrected chi connectivity index (χ1v) is 12.1. The van der Waals surface area contributed by atoms with E-state index in [1.165, 1.54) is 12.0 Å². The predicted octanol–water partition coefficient (Wildman–Crippen LogP) is 3.70. The third-order valence-corrected chi connectivity index (χ3v) is 7.15. The summed E-state index contributed by atoms with van der Waals surface area (Å²) in [5.74, 6) is 1.75. The molecule has 162 valence electrons. The molecule has 3 atom stereocenters. The Labute approximate surface area is 187 Å². The molecule has 0 radical (unpaired) electrons. The molecule has 1 aliphatic heterocycles. The summed E-state index contributed by atoms with van der Waals surface area (Å²) in [5, 5.41) is 7.54. The maximum atomic E-state index is 12.4. The molecule has 1 aliphatic rings. The number of nitrogens with one attached hydrogen (secondary N) is 2. The molecule has 5 nitrogen and oxygen atoms in total. The zero-order valence-electron chi connectivity index (χ0n) is 17.7. The van der Waals surface area contributed by atoms with Crippen molar-refractivity contribution < 1.29 is 4.21 Å². The third kappa shape index (κ3) is 6.30. The minimum Gasteiger partial charge on any atom is -0.356 e. The lowest BCUT2D eigenvalue weighted by Crippen LogP contribution is -2.45. The van der Waals surface area contributed by atoms with Crippen molar-refractivity contribution in [3.8, 4) is 0 Å². The minimum absolute atomic E-state index is 0.327. The summed E-state index contributed by atoms with van der Waals surface area (Å²) in [6, 6.07) is 18.1. The molecule has 2 N–H and O–H groups in total. The van der Waals surface area contributed by atoms with Gasteiger partial charge in [0.1, 0.15) is 0 Å². The zero-order valence-corrected chi connectivity index (χ0v) is 19.3. The van der Waals surface area contributed by atoms with Crippen LogP contribution in [0.5, 0.6) is 0 Å². The minimum atomic E-state index is -1.01. The van der Waals surface area contributed by atoms with Crippen molar-refractivity contribution >= 4 is 28.4 Å². The molecule has 2 aromatic rings. The largest absolute Gasteiger partial charge is 0.356 e. The van der Waals surface area contributed by atoms with Crippen molar-refractivity contribution in [2.45, 2.75) is 23.8 Å². The molecule has 3 unspecified atom stereocenters. The van der Waals surface area contributed by atoms with E-state index in [0.29, 0.717) is 24.3 Å². The zero-order chi connectivity index (χ0) is 21.3. The second-order valence-electron chi connectivity index (χ2n) is 7.63. The highest BCUT2D eigenvalue weighted by Crippen LogP contribution is 2.35. The predicted molar refractivity (Wildman–Crippen MR) is 127 cm³/mol. The number of nitrogens with zero attached hydrogens (tertiary/aromatic N) is 2.